The van der Waals surface area contributed by atoms with Crippen molar-refractivity contribution in [2.75, 3.05) is 39.1 Å². The quantitative estimate of drug-likeness (QED) is 0.780. The molecule has 0 spiro atoms. The summed E-state index contributed by atoms with van der Waals surface area (Å²) in [5.41, 5.74) is 7.79. The summed E-state index contributed by atoms with van der Waals surface area (Å²) in [6.45, 7) is 2.08. The summed E-state index contributed by atoms with van der Waals surface area (Å²) in [5.74, 6) is 0. The van der Waals surface area contributed by atoms with E-state index in [1.54, 1.807) is 0 Å². The molecule has 0 radical (unpaired) electrons. The first-order chi connectivity index (χ1) is 8.02. The molecule has 94 valence electrons. The molecule has 0 aliphatic heterocycles. The van der Waals surface area contributed by atoms with Crippen molar-refractivity contribution in [3.63, 3.8) is 0 Å². The lowest BCUT2D eigenvalue weighted by molar-refractivity contribution is 0.401. The summed E-state index contributed by atoms with van der Waals surface area (Å²) >= 11 is 5.07. The number of para-hydroxylation sites is 1. The summed E-state index contributed by atoms with van der Waals surface area (Å²) in [6, 6.07) is 8.01. The maximum atomic E-state index is 5.73. The topological polar surface area (TPSA) is 32.5 Å². The minimum Gasteiger partial charge on any atom is -0.389 e. The Hall–Kier alpha value is -1.13. The third-order valence-electron chi connectivity index (χ3n) is 2.68. The summed E-state index contributed by atoms with van der Waals surface area (Å²) in [5, 5.41) is 0. The number of hydrogen-bond acceptors (Lipinski definition) is 3. The van der Waals surface area contributed by atoms with E-state index in [9.17, 15) is 0 Å². The maximum absolute atomic E-state index is 5.73. The van der Waals surface area contributed by atoms with Crippen molar-refractivity contribution in [3.05, 3.63) is 29.8 Å². The molecule has 0 fully saturated rings. The van der Waals surface area contributed by atoms with Gasteiger partial charge in [0.15, 0.2) is 0 Å². The maximum Gasteiger partial charge on any atom is 0.106 e. The largest absolute Gasteiger partial charge is 0.389 e. The molecule has 0 heterocycles. The molecule has 1 rings (SSSR count). The van der Waals surface area contributed by atoms with E-state index in [1.807, 2.05) is 18.2 Å². The van der Waals surface area contributed by atoms with Crippen molar-refractivity contribution in [2.45, 2.75) is 6.42 Å². The van der Waals surface area contributed by atoms with Gasteiger partial charge in [0.2, 0.25) is 0 Å². The average molecular weight is 251 g/mol. The Morgan fingerprint density at radius 2 is 1.82 bits per heavy atom. The molecule has 4 heteroatoms. The Morgan fingerprint density at radius 1 is 1.18 bits per heavy atom. The SMILES string of the molecule is CN(C)CCCN(C)c1ccccc1C(N)=S. The molecule has 0 amide bonds. The first-order valence-electron chi connectivity index (χ1n) is 5.77. The predicted molar refractivity (Wildman–Crippen MR) is 78.8 cm³/mol. The van der Waals surface area contributed by atoms with Gasteiger partial charge in [0.1, 0.15) is 4.99 Å². The van der Waals surface area contributed by atoms with Gasteiger partial charge in [0.25, 0.3) is 0 Å². The third kappa shape index (κ3) is 4.32. The number of thiocarbonyl (C=S) groups is 1. The van der Waals surface area contributed by atoms with Crippen LogP contribution in [-0.2, 0) is 0 Å². The molecule has 2 N–H and O–H groups in total. The van der Waals surface area contributed by atoms with E-state index >= 15 is 0 Å². The number of nitrogens with zero attached hydrogens (tertiary/aromatic N) is 2. The Balaban J connectivity index is 2.68. The van der Waals surface area contributed by atoms with Crippen LogP contribution in [0.4, 0.5) is 5.69 Å². The fourth-order valence-electron chi connectivity index (χ4n) is 1.76. The van der Waals surface area contributed by atoms with E-state index in [0.717, 1.165) is 30.8 Å². The molecule has 1 aromatic rings. The fraction of sp³-hybridized carbons (Fsp3) is 0.462. The summed E-state index contributed by atoms with van der Waals surface area (Å²) in [7, 11) is 6.25. The van der Waals surface area contributed by atoms with Crippen molar-refractivity contribution < 1.29 is 0 Å². The molecule has 0 unspecified atom stereocenters. The number of hydrogen-bond donors (Lipinski definition) is 1. The molecular weight excluding hydrogens is 230 g/mol. The van der Waals surface area contributed by atoms with Gasteiger partial charge in [-0.2, -0.15) is 0 Å². The summed E-state index contributed by atoms with van der Waals surface area (Å²) in [6.07, 6.45) is 1.12. The van der Waals surface area contributed by atoms with Crippen LogP contribution in [0.3, 0.4) is 0 Å². The molecule has 1 aromatic carbocycles. The van der Waals surface area contributed by atoms with E-state index in [4.69, 9.17) is 18.0 Å². The van der Waals surface area contributed by atoms with Crippen molar-refractivity contribution in [2.24, 2.45) is 5.73 Å². The molecule has 0 aromatic heterocycles. The van der Waals surface area contributed by atoms with Crippen molar-refractivity contribution in [3.8, 4) is 0 Å². The molecule has 0 saturated heterocycles. The molecule has 0 aliphatic carbocycles. The predicted octanol–water partition coefficient (Wildman–Crippen LogP) is 1.71. The van der Waals surface area contributed by atoms with Gasteiger partial charge in [-0.25, -0.2) is 0 Å². The van der Waals surface area contributed by atoms with Gasteiger partial charge in [-0.1, -0.05) is 24.4 Å². The molecule has 17 heavy (non-hydrogen) atoms. The zero-order chi connectivity index (χ0) is 12.8. The van der Waals surface area contributed by atoms with E-state index in [2.05, 4.69) is 37.0 Å². The fourth-order valence-corrected chi connectivity index (χ4v) is 1.93. The molecule has 3 nitrogen and oxygen atoms in total. The normalized spacial score (nSPS) is 10.6. The zero-order valence-electron chi connectivity index (χ0n) is 10.8. The second-order valence-electron chi connectivity index (χ2n) is 4.46. The van der Waals surface area contributed by atoms with Crippen LogP contribution in [0.25, 0.3) is 0 Å². The molecular formula is C13H21N3S. The Kier molecular flexibility index (Phi) is 5.38. The van der Waals surface area contributed by atoms with E-state index in [0.29, 0.717) is 4.99 Å². The minimum absolute atomic E-state index is 0.458. The minimum atomic E-state index is 0.458. The molecule has 0 bridgehead atoms. The number of benzene rings is 1. The summed E-state index contributed by atoms with van der Waals surface area (Å²) < 4.78 is 0. The third-order valence-corrected chi connectivity index (χ3v) is 2.90. The highest BCUT2D eigenvalue weighted by atomic mass is 32.1. The highest BCUT2D eigenvalue weighted by Crippen LogP contribution is 2.19. The van der Waals surface area contributed by atoms with Crippen LogP contribution in [0.5, 0.6) is 0 Å². The lowest BCUT2D eigenvalue weighted by atomic mass is 10.1. The second kappa shape index (κ2) is 6.57. The van der Waals surface area contributed by atoms with Crippen molar-refractivity contribution >= 4 is 22.9 Å². The van der Waals surface area contributed by atoms with Gasteiger partial charge in [-0.15, -0.1) is 0 Å². The highest BCUT2D eigenvalue weighted by Gasteiger charge is 2.08. The van der Waals surface area contributed by atoms with Crippen LogP contribution in [0, 0.1) is 0 Å². The van der Waals surface area contributed by atoms with Gasteiger partial charge < -0.3 is 15.5 Å². The van der Waals surface area contributed by atoms with E-state index in [-0.39, 0.29) is 0 Å². The Labute approximate surface area is 109 Å². The lowest BCUT2D eigenvalue weighted by Crippen LogP contribution is -2.25. The lowest BCUT2D eigenvalue weighted by Gasteiger charge is -2.22. The van der Waals surface area contributed by atoms with Crippen molar-refractivity contribution in [1.82, 2.24) is 4.90 Å². The van der Waals surface area contributed by atoms with Gasteiger partial charge in [0.05, 0.1) is 0 Å². The smallest absolute Gasteiger partial charge is 0.106 e. The Morgan fingerprint density at radius 3 is 2.41 bits per heavy atom. The van der Waals surface area contributed by atoms with Crippen LogP contribution >= 0.6 is 12.2 Å². The monoisotopic (exact) mass is 251 g/mol. The molecule has 0 atom stereocenters. The zero-order valence-corrected chi connectivity index (χ0v) is 11.6. The van der Waals surface area contributed by atoms with Gasteiger partial charge >= 0.3 is 0 Å². The molecule has 0 saturated carbocycles. The number of anilines is 1. The highest BCUT2D eigenvalue weighted by molar-refractivity contribution is 7.80. The van der Waals surface area contributed by atoms with Crippen LogP contribution in [0.1, 0.15) is 12.0 Å². The van der Waals surface area contributed by atoms with Crippen molar-refractivity contribution in [1.29, 1.82) is 0 Å². The van der Waals surface area contributed by atoms with E-state index < -0.39 is 0 Å². The molecule has 0 aliphatic rings. The second-order valence-corrected chi connectivity index (χ2v) is 4.90. The van der Waals surface area contributed by atoms with Crippen LogP contribution < -0.4 is 10.6 Å². The first kappa shape index (κ1) is 13.9. The van der Waals surface area contributed by atoms with Gasteiger partial charge in [-0.3, -0.25) is 0 Å². The van der Waals surface area contributed by atoms with Gasteiger partial charge in [0, 0.05) is 24.8 Å². The summed E-state index contributed by atoms with van der Waals surface area (Å²) in [4.78, 5) is 4.85. The first-order valence-corrected chi connectivity index (χ1v) is 6.18. The van der Waals surface area contributed by atoms with E-state index in [1.165, 1.54) is 0 Å². The van der Waals surface area contributed by atoms with Crippen LogP contribution in [0.2, 0.25) is 0 Å². The number of rotatable bonds is 6. The van der Waals surface area contributed by atoms with Crippen LogP contribution in [-0.4, -0.2) is 44.1 Å². The van der Waals surface area contributed by atoms with Crippen LogP contribution in [0.15, 0.2) is 24.3 Å². The number of nitrogens with two attached hydrogens (primary N) is 1. The Bertz CT molecular complexity index is 377. The van der Waals surface area contributed by atoms with Gasteiger partial charge in [-0.05, 0) is 39.2 Å². The average Bonchev–Trinajstić information content (AvgIpc) is 2.28. The standard InChI is InChI=1S/C13H21N3S/c1-15(2)9-6-10-16(3)12-8-5-4-7-11(12)13(14)17/h4-5,7-8H,6,9-10H2,1-3H3,(H2,14,17).